The van der Waals surface area contributed by atoms with Gasteiger partial charge in [-0.15, -0.1) is 0 Å². The molecule has 0 spiro atoms. The van der Waals surface area contributed by atoms with Crippen molar-refractivity contribution in [3.63, 3.8) is 0 Å². The smallest absolute Gasteiger partial charge is 0.259 e. The van der Waals surface area contributed by atoms with Gasteiger partial charge in [0.15, 0.2) is 11.6 Å². The molecule has 0 aromatic carbocycles. The van der Waals surface area contributed by atoms with Crippen molar-refractivity contribution in [3.05, 3.63) is 41.6 Å². The van der Waals surface area contributed by atoms with Crippen LogP contribution in [0.2, 0.25) is 0 Å². The first kappa shape index (κ1) is 18.9. The number of hydrogen-bond donors (Lipinski definition) is 0. The lowest BCUT2D eigenvalue weighted by Gasteiger charge is -2.34. The minimum Gasteiger partial charge on any atom is -0.336 e. The Morgan fingerprint density at radius 2 is 1.97 bits per heavy atom. The fourth-order valence-electron chi connectivity index (χ4n) is 3.79. The number of nitrogens with zero attached hydrogens (tertiary/aromatic N) is 7. The fraction of sp³-hybridized carbons (Fsp3) is 0.476. The lowest BCUT2D eigenvalue weighted by Crippen LogP contribution is -2.48. The van der Waals surface area contributed by atoms with E-state index in [2.05, 4.69) is 32.0 Å². The summed E-state index contributed by atoms with van der Waals surface area (Å²) in [7, 11) is 0. The van der Waals surface area contributed by atoms with Crippen LogP contribution in [0.25, 0.3) is 17.3 Å². The van der Waals surface area contributed by atoms with E-state index in [1.54, 1.807) is 17.1 Å². The molecule has 0 atom stereocenters. The number of carbonyl (C=O) groups excluding carboxylic acids is 1. The van der Waals surface area contributed by atoms with Crippen LogP contribution in [-0.2, 0) is 0 Å². The van der Waals surface area contributed by atoms with Crippen LogP contribution < -0.4 is 0 Å². The van der Waals surface area contributed by atoms with Crippen molar-refractivity contribution >= 4 is 5.91 Å². The van der Waals surface area contributed by atoms with Crippen molar-refractivity contribution in [2.24, 2.45) is 0 Å². The number of carbonyl (C=O) groups is 1. The third-order valence-electron chi connectivity index (χ3n) is 5.94. The van der Waals surface area contributed by atoms with Crippen LogP contribution in [0.4, 0.5) is 0 Å². The number of pyridine rings is 1. The van der Waals surface area contributed by atoms with Gasteiger partial charge in [-0.3, -0.25) is 4.79 Å². The Labute approximate surface area is 174 Å². The van der Waals surface area contributed by atoms with E-state index in [1.165, 1.54) is 0 Å². The summed E-state index contributed by atoms with van der Waals surface area (Å²) in [5, 5.41) is 8.47. The molecule has 0 unspecified atom stereocenters. The van der Waals surface area contributed by atoms with Crippen molar-refractivity contribution < 1.29 is 9.32 Å². The van der Waals surface area contributed by atoms with Gasteiger partial charge in [-0.1, -0.05) is 12.1 Å². The molecule has 2 aliphatic rings. The Kier molecular flexibility index (Phi) is 4.82. The van der Waals surface area contributed by atoms with Gasteiger partial charge in [0.2, 0.25) is 0 Å². The molecule has 1 aliphatic heterocycles. The van der Waals surface area contributed by atoms with Crippen LogP contribution in [0.1, 0.15) is 47.6 Å². The number of aromatic nitrogens is 5. The van der Waals surface area contributed by atoms with Gasteiger partial charge >= 0.3 is 0 Å². The molecule has 4 heterocycles. The molecule has 1 saturated carbocycles. The highest BCUT2D eigenvalue weighted by molar-refractivity contribution is 5.95. The largest absolute Gasteiger partial charge is 0.336 e. The molecular formula is C21H25N7O2. The number of likely N-dealkylation sites (N-methyl/N-ethyl adjacent to an activating group) is 1. The summed E-state index contributed by atoms with van der Waals surface area (Å²) >= 11 is 0. The molecule has 1 amide bonds. The lowest BCUT2D eigenvalue weighted by atomic mass is 10.2. The zero-order valence-electron chi connectivity index (χ0n) is 17.3. The van der Waals surface area contributed by atoms with Crippen LogP contribution in [-0.4, -0.2) is 73.3 Å². The number of rotatable bonds is 5. The van der Waals surface area contributed by atoms with Gasteiger partial charge in [-0.05, 0) is 38.4 Å². The van der Waals surface area contributed by atoms with Crippen molar-refractivity contribution in [1.82, 2.24) is 34.7 Å². The van der Waals surface area contributed by atoms with Gasteiger partial charge < -0.3 is 14.3 Å². The molecule has 0 N–H and O–H groups in total. The second-order valence-corrected chi connectivity index (χ2v) is 7.92. The Morgan fingerprint density at radius 3 is 2.63 bits per heavy atom. The second kappa shape index (κ2) is 7.64. The molecule has 1 saturated heterocycles. The first-order valence-electron chi connectivity index (χ1n) is 10.5. The minimum absolute atomic E-state index is 0.0320. The third kappa shape index (κ3) is 3.49. The quantitative estimate of drug-likeness (QED) is 0.640. The molecule has 30 heavy (non-hydrogen) atoms. The maximum atomic E-state index is 13.0. The van der Waals surface area contributed by atoms with Crippen LogP contribution in [0, 0.1) is 6.92 Å². The van der Waals surface area contributed by atoms with E-state index in [-0.39, 0.29) is 5.91 Å². The molecule has 0 bridgehead atoms. The van der Waals surface area contributed by atoms with E-state index in [0.29, 0.717) is 23.2 Å². The fourth-order valence-corrected chi connectivity index (χ4v) is 3.79. The van der Waals surface area contributed by atoms with Crippen molar-refractivity contribution in [2.75, 3.05) is 32.7 Å². The molecule has 5 rings (SSSR count). The van der Waals surface area contributed by atoms with E-state index in [9.17, 15) is 4.79 Å². The molecule has 156 valence electrons. The summed E-state index contributed by atoms with van der Waals surface area (Å²) in [6, 6.07) is 3.74. The number of piperazine rings is 1. The molecule has 2 fully saturated rings. The molecule has 9 heteroatoms. The minimum atomic E-state index is 0.0320. The first-order chi connectivity index (χ1) is 14.6. The van der Waals surface area contributed by atoms with E-state index >= 15 is 0 Å². The van der Waals surface area contributed by atoms with Crippen LogP contribution in [0.5, 0.6) is 0 Å². The second-order valence-electron chi connectivity index (χ2n) is 7.92. The Hall–Kier alpha value is -3.07. The maximum absolute atomic E-state index is 13.0. The summed E-state index contributed by atoms with van der Waals surface area (Å²) in [6.07, 6.45) is 5.60. The zero-order chi connectivity index (χ0) is 20.7. The number of hydrogen-bond acceptors (Lipinski definition) is 7. The zero-order valence-corrected chi connectivity index (χ0v) is 17.3. The normalized spacial score (nSPS) is 17.5. The Morgan fingerprint density at radius 1 is 1.17 bits per heavy atom. The average Bonchev–Trinajstić information content (AvgIpc) is 3.39. The van der Waals surface area contributed by atoms with Crippen LogP contribution in [0.15, 0.2) is 29.0 Å². The summed E-state index contributed by atoms with van der Waals surface area (Å²) in [6.45, 7) is 8.39. The summed E-state index contributed by atoms with van der Waals surface area (Å²) in [5.74, 6) is 2.38. The maximum Gasteiger partial charge on any atom is 0.259 e. The summed E-state index contributed by atoms with van der Waals surface area (Å²) in [5.41, 5.74) is 2.18. The first-order valence-corrected chi connectivity index (χ1v) is 10.5. The van der Waals surface area contributed by atoms with Crippen molar-refractivity contribution in [3.8, 4) is 17.3 Å². The van der Waals surface area contributed by atoms with Crippen LogP contribution >= 0.6 is 0 Å². The molecular weight excluding hydrogens is 382 g/mol. The van der Waals surface area contributed by atoms with Crippen molar-refractivity contribution in [1.29, 1.82) is 0 Å². The van der Waals surface area contributed by atoms with Gasteiger partial charge in [0.25, 0.3) is 11.8 Å². The van der Waals surface area contributed by atoms with Gasteiger partial charge in [0.1, 0.15) is 0 Å². The standard InChI is InChI=1S/C21H25N7O2/c1-3-26-8-10-27(11-9-26)21(29)17-13-23-28(14(17)2)18-7-6-16(12-22-18)20-24-19(25-30-20)15-4-5-15/h6-7,12-13,15H,3-5,8-11H2,1-2H3. The molecule has 1 aliphatic carbocycles. The Balaban J connectivity index is 1.32. The molecule has 3 aromatic rings. The summed E-state index contributed by atoms with van der Waals surface area (Å²) < 4.78 is 7.06. The van der Waals surface area contributed by atoms with Gasteiger partial charge in [0, 0.05) is 38.3 Å². The van der Waals surface area contributed by atoms with Crippen LogP contribution in [0.3, 0.4) is 0 Å². The Bertz CT molecular complexity index is 1040. The molecule has 9 nitrogen and oxygen atoms in total. The van der Waals surface area contributed by atoms with E-state index in [1.807, 2.05) is 24.0 Å². The molecule has 3 aromatic heterocycles. The SMILES string of the molecule is CCN1CCN(C(=O)c2cnn(-c3ccc(-c4nc(C5CC5)no4)cn3)c2C)CC1. The monoisotopic (exact) mass is 407 g/mol. The van der Waals surface area contributed by atoms with E-state index in [4.69, 9.17) is 4.52 Å². The van der Waals surface area contributed by atoms with Gasteiger partial charge in [0.05, 0.1) is 23.0 Å². The topological polar surface area (TPSA) is 93.2 Å². The van der Waals surface area contributed by atoms with Crippen molar-refractivity contribution in [2.45, 2.75) is 32.6 Å². The predicted octanol–water partition coefficient (Wildman–Crippen LogP) is 2.28. The predicted molar refractivity (Wildman–Crippen MR) is 109 cm³/mol. The van der Waals surface area contributed by atoms with Gasteiger partial charge in [-0.25, -0.2) is 9.67 Å². The summed E-state index contributed by atoms with van der Waals surface area (Å²) in [4.78, 5) is 26.2. The lowest BCUT2D eigenvalue weighted by molar-refractivity contribution is 0.0642. The third-order valence-corrected chi connectivity index (χ3v) is 5.94. The highest BCUT2D eigenvalue weighted by Gasteiger charge is 2.29. The average molecular weight is 407 g/mol. The highest BCUT2D eigenvalue weighted by Crippen LogP contribution is 2.38. The molecule has 0 radical (unpaired) electrons. The number of amides is 1. The van der Waals surface area contributed by atoms with E-state index in [0.717, 1.165) is 62.6 Å². The van der Waals surface area contributed by atoms with E-state index < -0.39 is 0 Å². The van der Waals surface area contributed by atoms with Gasteiger partial charge in [-0.2, -0.15) is 10.1 Å². The highest BCUT2D eigenvalue weighted by atomic mass is 16.5.